The minimum Gasteiger partial charge on any atom is -0.493 e. The molecule has 0 saturated carbocycles. The highest BCUT2D eigenvalue weighted by Crippen LogP contribution is 2.37. The van der Waals surface area contributed by atoms with Gasteiger partial charge in [-0.25, -0.2) is 4.39 Å². The summed E-state index contributed by atoms with van der Waals surface area (Å²) in [5, 5.41) is 4.29. The number of methoxy groups -OCH3 is 1. The summed E-state index contributed by atoms with van der Waals surface area (Å²) in [6, 6.07) is 18.8. The summed E-state index contributed by atoms with van der Waals surface area (Å²) in [6.07, 6.45) is 2.06. The van der Waals surface area contributed by atoms with E-state index in [9.17, 15) is 4.39 Å². The monoisotopic (exact) mass is 461 g/mol. The molecule has 3 nitrogen and oxygen atoms in total. The van der Waals surface area contributed by atoms with E-state index in [-0.39, 0.29) is 12.4 Å². The van der Waals surface area contributed by atoms with E-state index in [4.69, 9.17) is 32.7 Å². The van der Waals surface area contributed by atoms with E-state index in [1.165, 1.54) is 17.7 Å². The lowest BCUT2D eigenvalue weighted by molar-refractivity contribution is 0.284. The average Bonchev–Trinajstić information content (AvgIpc) is 2.77. The van der Waals surface area contributed by atoms with E-state index in [2.05, 4.69) is 36.5 Å². The Labute approximate surface area is 193 Å². The second kappa shape index (κ2) is 11.4. The van der Waals surface area contributed by atoms with Gasteiger partial charge >= 0.3 is 0 Å². The maximum atomic E-state index is 13.2. The van der Waals surface area contributed by atoms with Gasteiger partial charge in [0.25, 0.3) is 0 Å². The van der Waals surface area contributed by atoms with Crippen molar-refractivity contribution >= 4 is 23.2 Å². The predicted molar refractivity (Wildman–Crippen MR) is 125 cm³/mol. The molecule has 3 aromatic rings. The normalized spacial score (nSPS) is 11.9. The quantitative estimate of drug-likeness (QED) is 0.358. The van der Waals surface area contributed by atoms with Crippen molar-refractivity contribution in [3.05, 3.63) is 93.2 Å². The molecule has 0 heterocycles. The maximum Gasteiger partial charge on any atom is 0.180 e. The van der Waals surface area contributed by atoms with Gasteiger partial charge in [0.2, 0.25) is 0 Å². The van der Waals surface area contributed by atoms with Gasteiger partial charge in [0.15, 0.2) is 11.5 Å². The molecule has 1 atom stereocenters. The van der Waals surface area contributed by atoms with Crippen LogP contribution in [0.2, 0.25) is 10.0 Å². The van der Waals surface area contributed by atoms with Gasteiger partial charge in [-0.15, -0.1) is 0 Å². The van der Waals surface area contributed by atoms with E-state index in [1.54, 1.807) is 13.2 Å². The summed E-state index contributed by atoms with van der Waals surface area (Å²) in [5.41, 5.74) is 3.00. The van der Waals surface area contributed by atoms with Crippen LogP contribution in [-0.2, 0) is 19.6 Å². The summed E-state index contributed by atoms with van der Waals surface area (Å²) in [5.74, 6) is 0.587. The Morgan fingerprint density at radius 3 is 2.45 bits per heavy atom. The number of benzene rings is 3. The van der Waals surface area contributed by atoms with E-state index >= 15 is 0 Å². The first-order valence-electron chi connectivity index (χ1n) is 10.2. The standard InChI is InChI=1S/C25H26Cl2FNO2/c1-17(8-9-18-6-4-3-5-7-18)29-15-19-12-23(27)25(24(13-19)30-2)31-16-20-10-11-21(28)14-22(20)26/h3-7,10-14,17,29H,8-9,15-16H2,1-2H3/t17-/m1/s1. The first kappa shape index (κ1) is 23.4. The lowest BCUT2D eigenvalue weighted by Gasteiger charge is -2.17. The zero-order valence-electron chi connectivity index (χ0n) is 17.6. The van der Waals surface area contributed by atoms with Crippen LogP contribution in [0.15, 0.2) is 60.7 Å². The van der Waals surface area contributed by atoms with Gasteiger partial charge in [0, 0.05) is 18.2 Å². The van der Waals surface area contributed by atoms with Crippen LogP contribution in [0.5, 0.6) is 11.5 Å². The molecule has 0 aliphatic rings. The molecule has 6 heteroatoms. The summed E-state index contributed by atoms with van der Waals surface area (Å²) < 4.78 is 24.6. The summed E-state index contributed by atoms with van der Waals surface area (Å²) in [4.78, 5) is 0. The third-order valence-electron chi connectivity index (χ3n) is 5.04. The Morgan fingerprint density at radius 1 is 0.968 bits per heavy atom. The minimum atomic E-state index is -0.390. The van der Waals surface area contributed by atoms with Crippen LogP contribution in [0.25, 0.3) is 0 Å². The molecule has 0 aliphatic heterocycles. The molecule has 0 amide bonds. The number of rotatable bonds is 10. The molecule has 1 N–H and O–H groups in total. The number of hydrogen-bond donors (Lipinski definition) is 1. The largest absolute Gasteiger partial charge is 0.493 e. The molecule has 0 aromatic heterocycles. The minimum absolute atomic E-state index is 0.156. The average molecular weight is 462 g/mol. The van der Waals surface area contributed by atoms with Gasteiger partial charge in [-0.1, -0.05) is 59.6 Å². The SMILES string of the molecule is COc1cc(CN[C@H](C)CCc2ccccc2)cc(Cl)c1OCc1ccc(F)cc1Cl. The molecule has 3 aromatic carbocycles. The second-order valence-electron chi connectivity index (χ2n) is 7.44. The third kappa shape index (κ3) is 6.86. The zero-order chi connectivity index (χ0) is 22.2. The highest BCUT2D eigenvalue weighted by molar-refractivity contribution is 6.32. The molecule has 0 bridgehead atoms. The number of ether oxygens (including phenoxy) is 2. The predicted octanol–water partition coefficient (Wildman–Crippen LogP) is 6.83. The molecular formula is C25H26Cl2FNO2. The Hall–Kier alpha value is -2.27. The maximum absolute atomic E-state index is 13.2. The summed E-state index contributed by atoms with van der Waals surface area (Å²) >= 11 is 12.6. The fourth-order valence-electron chi connectivity index (χ4n) is 3.23. The Kier molecular flexibility index (Phi) is 8.59. The lowest BCUT2D eigenvalue weighted by atomic mass is 10.1. The Balaban J connectivity index is 1.59. The van der Waals surface area contributed by atoms with Gasteiger partial charge in [-0.2, -0.15) is 0 Å². The lowest BCUT2D eigenvalue weighted by Crippen LogP contribution is -2.26. The van der Waals surface area contributed by atoms with Gasteiger partial charge in [0.05, 0.1) is 17.2 Å². The van der Waals surface area contributed by atoms with Crippen LogP contribution in [-0.4, -0.2) is 13.2 Å². The molecule has 0 fully saturated rings. The van der Waals surface area contributed by atoms with E-state index in [1.807, 2.05) is 18.2 Å². The van der Waals surface area contributed by atoms with Crippen LogP contribution in [0.4, 0.5) is 4.39 Å². The molecule has 0 aliphatic carbocycles. The molecule has 0 saturated heterocycles. The fraction of sp³-hybridized carbons (Fsp3) is 0.280. The number of hydrogen-bond acceptors (Lipinski definition) is 3. The Bertz CT molecular complexity index is 998. The van der Waals surface area contributed by atoms with Crippen molar-refractivity contribution < 1.29 is 13.9 Å². The number of aryl methyl sites for hydroxylation is 1. The van der Waals surface area contributed by atoms with Crippen LogP contribution in [0.1, 0.15) is 30.0 Å². The van der Waals surface area contributed by atoms with Gasteiger partial charge in [-0.05, 0) is 55.2 Å². The van der Waals surface area contributed by atoms with Crippen molar-refractivity contribution in [3.63, 3.8) is 0 Å². The Morgan fingerprint density at radius 2 is 1.74 bits per heavy atom. The van der Waals surface area contributed by atoms with Crippen LogP contribution in [0.3, 0.4) is 0 Å². The smallest absolute Gasteiger partial charge is 0.180 e. The topological polar surface area (TPSA) is 30.5 Å². The molecule has 164 valence electrons. The highest BCUT2D eigenvalue weighted by Gasteiger charge is 2.14. The molecule has 0 radical (unpaired) electrons. The van der Waals surface area contributed by atoms with Gasteiger partial charge in [-0.3, -0.25) is 0 Å². The van der Waals surface area contributed by atoms with Crippen molar-refractivity contribution in [2.75, 3.05) is 7.11 Å². The van der Waals surface area contributed by atoms with Crippen molar-refractivity contribution in [3.8, 4) is 11.5 Å². The number of halogens is 3. The number of nitrogens with one attached hydrogen (secondary N) is 1. The molecule has 31 heavy (non-hydrogen) atoms. The van der Waals surface area contributed by atoms with Crippen molar-refractivity contribution in [2.24, 2.45) is 0 Å². The van der Waals surface area contributed by atoms with Crippen molar-refractivity contribution in [1.82, 2.24) is 5.32 Å². The molecule has 0 unspecified atom stereocenters. The first-order valence-corrected chi connectivity index (χ1v) is 10.9. The van der Waals surface area contributed by atoms with Crippen LogP contribution >= 0.6 is 23.2 Å². The molecular weight excluding hydrogens is 436 g/mol. The van der Waals surface area contributed by atoms with E-state index in [0.717, 1.165) is 18.4 Å². The van der Waals surface area contributed by atoms with Gasteiger partial charge in [0.1, 0.15) is 12.4 Å². The van der Waals surface area contributed by atoms with E-state index < -0.39 is 0 Å². The van der Waals surface area contributed by atoms with Crippen LogP contribution < -0.4 is 14.8 Å². The van der Waals surface area contributed by atoms with Gasteiger partial charge < -0.3 is 14.8 Å². The summed E-state index contributed by atoms with van der Waals surface area (Å²) in [7, 11) is 1.57. The molecule has 3 rings (SSSR count). The fourth-order valence-corrected chi connectivity index (χ4v) is 3.74. The van der Waals surface area contributed by atoms with Crippen molar-refractivity contribution in [1.29, 1.82) is 0 Å². The molecule has 0 spiro atoms. The summed E-state index contributed by atoms with van der Waals surface area (Å²) in [6.45, 7) is 2.99. The third-order valence-corrected chi connectivity index (χ3v) is 5.67. The first-order chi connectivity index (χ1) is 15.0. The second-order valence-corrected chi connectivity index (χ2v) is 8.25. The highest BCUT2D eigenvalue weighted by atomic mass is 35.5. The van der Waals surface area contributed by atoms with E-state index in [0.29, 0.717) is 39.7 Å². The van der Waals surface area contributed by atoms with Crippen molar-refractivity contribution in [2.45, 2.75) is 39.0 Å². The van der Waals surface area contributed by atoms with Crippen LogP contribution in [0, 0.1) is 5.82 Å². The zero-order valence-corrected chi connectivity index (χ0v) is 19.1.